The summed E-state index contributed by atoms with van der Waals surface area (Å²) in [4.78, 5) is 6.64. The molecule has 0 heterocycles. The Balaban J connectivity index is 0.00000289. The van der Waals surface area contributed by atoms with Gasteiger partial charge in [0.1, 0.15) is 0 Å². The standard InChI is InChI=1S/C13H27N3O.HI/c1-4-16(5-2)12(14)15-11-13(7-8-13)9-10-17-6-3;/h4-11H2,1-3H3,(H2,14,15);1H. The first-order valence-corrected chi connectivity index (χ1v) is 6.80. The smallest absolute Gasteiger partial charge is 0.191 e. The number of rotatable bonds is 8. The summed E-state index contributed by atoms with van der Waals surface area (Å²) in [5.41, 5.74) is 6.37. The molecule has 1 fully saturated rings. The zero-order chi connectivity index (χ0) is 12.7. The Morgan fingerprint density at radius 2 is 1.89 bits per heavy atom. The Morgan fingerprint density at radius 1 is 1.28 bits per heavy atom. The zero-order valence-electron chi connectivity index (χ0n) is 11.9. The second kappa shape index (κ2) is 8.96. The molecule has 1 aliphatic rings. The molecule has 2 N–H and O–H groups in total. The van der Waals surface area contributed by atoms with E-state index in [-0.39, 0.29) is 24.0 Å². The predicted molar refractivity (Wildman–Crippen MR) is 87.6 cm³/mol. The minimum Gasteiger partial charge on any atom is -0.382 e. The fourth-order valence-electron chi connectivity index (χ4n) is 1.99. The molecular formula is C13H28IN3O. The van der Waals surface area contributed by atoms with Gasteiger partial charge in [-0.25, -0.2) is 0 Å². The van der Waals surface area contributed by atoms with E-state index in [4.69, 9.17) is 10.5 Å². The van der Waals surface area contributed by atoms with E-state index in [1.54, 1.807) is 0 Å². The van der Waals surface area contributed by atoms with Crippen LogP contribution in [0.25, 0.3) is 0 Å². The molecule has 1 rings (SSSR count). The van der Waals surface area contributed by atoms with Crippen LogP contribution in [0.2, 0.25) is 0 Å². The van der Waals surface area contributed by atoms with E-state index in [1.807, 2.05) is 6.92 Å². The van der Waals surface area contributed by atoms with Crippen LogP contribution in [0, 0.1) is 5.41 Å². The lowest BCUT2D eigenvalue weighted by Crippen LogP contribution is -2.37. The Bertz CT molecular complexity index is 251. The quantitative estimate of drug-likeness (QED) is 0.310. The molecule has 5 heteroatoms. The highest BCUT2D eigenvalue weighted by Crippen LogP contribution is 2.48. The molecular weight excluding hydrogens is 341 g/mol. The summed E-state index contributed by atoms with van der Waals surface area (Å²) in [5, 5.41) is 0. The summed E-state index contributed by atoms with van der Waals surface area (Å²) in [7, 11) is 0. The van der Waals surface area contributed by atoms with Gasteiger partial charge in [-0.05, 0) is 45.4 Å². The van der Waals surface area contributed by atoms with Crippen LogP contribution in [-0.4, -0.2) is 43.7 Å². The number of guanidine groups is 1. The minimum atomic E-state index is 0. The van der Waals surface area contributed by atoms with Crippen LogP contribution in [0.5, 0.6) is 0 Å². The molecule has 0 radical (unpaired) electrons. The molecule has 0 amide bonds. The molecule has 108 valence electrons. The van der Waals surface area contributed by atoms with Crippen LogP contribution in [-0.2, 0) is 4.74 Å². The molecule has 4 nitrogen and oxygen atoms in total. The number of hydrogen-bond donors (Lipinski definition) is 1. The van der Waals surface area contributed by atoms with Gasteiger partial charge in [-0.2, -0.15) is 0 Å². The van der Waals surface area contributed by atoms with E-state index < -0.39 is 0 Å². The van der Waals surface area contributed by atoms with Crippen LogP contribution >= 0.6 is 24.0 Å². The summed E-state index contributed by atoms with van der Waals surface area (Å²) >= 11 is 0. The van der Waals surface area contributed by atoms with Crippen molar-refractivity contribution in [2.24, 2.45) is 16.1 Å². The second-order valence-electron chi connectivity index (χ2n) is 4.79. The van der Waals surface area contributed by atoms with E-state index in [1.165, 1.54) is 12.8 Å². The molecule has 18 heavy (non-hydrogen) atoms. The van der Waals surface area contributed by atoms with Crippen LogP contribution in [0.3, 0.4) is 0 Å². The zero-order valence-corrected chi connectivity index (χ0v) is 14.3. The van der Waals surface area contributed by atoms with Crippen molar-refractivity contribution in [2.75, 3.05) is 32.8 Å². The number of hydrogen-bond acceptors (Lipinski definition) is 2. The molecule has 1 aliphatic carbocycles. The molecule has 0 unspecified atom stereocenters. The van der Waals surface area contributed by atoms with Crippen molar-refractivity contribution in [1.82, 2.24) is 4.90 Å². The molecule has 1 saturated carbocycles. The van der Waals surface area contributed by atoms with Crippen molar-refractivity contribution in [3.63, 3.8) is 0 Å². The van der Waals surface area contributed by atoms with Crippen LogP contribution in [0.1, 0.15) is 40.0 Å². The fraction of sp³-hybridized carbons (Fsp3) is 0.923. The third-order valence-electron chi connectivity index (χ3n) is 3.60. The summed E-state index contributed by atoms with van der Waals surface area (Å²) in [5.74, 6) is 0.692. The number of aliphatic imine (C=N–C) groups is 1. The fourth-order valence-corrected chi connectivity index (χ4v) is 1.99. The number of halogens is 1. The second-order valence-corrected chi connectivity index (χ2v) is 4.79. The van der Waals surface area contributed by atoms with Gasteiger partial charge >= 0.3 is 0 Å². The maximum Gasteiger partial charge on any atom is 0.191 e. The molecule has 0 saturated heterocycles. The van der Waals surface area contributed by atoms with Crippen molar-refractivity contribution in [3.8, 4) is 0 Å². The lowest BCUT2D eigenvalue weighted by Gasteiger charge is -2.20. The summed E-state index contributed by atoms with van der Waals surface area (Å²) in [6, 6.07) is 0. The first-order chi connectivity index (χ1) is 8.17. The lowest BCUT2D eigenvalue weighted by molar-refractivity contribution is 0.129. The Hall–Kier alpha value is -0.0400. The molecule has 0 atom stereocenters. The normalized spacial score (nSPS) is 17.2. The number of nitrogens with two attached hydrogens (primary N) is 1. The highest BCUT2D eigenvalue weighted by Gasteiger charge is 2.41. The van der Waals surface area contributed by atoms with Crippen LogP contribution in [0.15, 0.2) is 4.99 Å². The van der Waals surface area contributed by atoms with E-state index in [2.05, 4.69) is 23.7 Å². The van der Waals surface area contributed by atoms with Crippen molar-refractivity contribution in [3.05, 3.63) is 0 Å². The third-order valence-corrected chi connectivity index (χ3v) is 3.60. The van der Waals surface area contributed by atoms with Gasteiger partial charge in [0, 0.05) is 32.8 Å². The van der Waals surface area contributed by atoms with Gasteiger partial charge in [0.15, 0.2) is 5.96 Å². The molecule has 0 aromatic carbocycles. The lowest BCUT2D eigenvalue weighted by atomic mass is 10.0. The van der Waals surface area contributed by atoms with Gasteiger partial charge in [-0.15, -0.1) is 24.0 Å². The van der Waals surface area contributed by atoms with E-state index in [0.29, 0.717) is 11.4 Å². The van der Waals surface area contributed by atoms with Gasteiger partial charge < -0.3 is 15.4 Å². The Morgan fingerprint density at radius 3 is 2.33 bits per heavy atom. The average molecular weight is 369 g/mol. The average Bonchev–Trinajstić information content (AvgIpc) is 3.09. The first-order valence-electron chi connectivity index (χ1n) is 6.80. The van der Waals surface area contributed by atoms with Crippen LogP contribution in [0.4, 0.5) is 0 Å². The highest BCUT2D eigenvalue weighted by atomic mass is 127. The Kier molecular flexibility index (Phi) is 8.94. The molecule has 0 aromatic rings. The molecule has 0 spiro atoms. The summed E-state index contributed by atoms with van der Waals surface area (Å²) < 4.78 is 5.42. The summed E-state index contributed by atoms with van der Waals surface area (Å²) in [6.07, 6.45) is 3.67. The van der Waals surface area contributed by atoms with Crippen molar-refractivity contribution in [1.29, 1.82) is 0 Å². The summed E-state index contributed by atoms with van der Waals surface area (Å²) in [6.45, 7) is 10.6. The molecule has 0 bridgehead atoms. The first kappa shape index (κ1) is 18.0. The van der Waals surface area contributed by atoms with Gasteiger partial charge in [0.25, 0.3) is 0 Å². The van der Waals surface area contributed by atoms with Crippen LogP contribution < -0.4 is 5.73 Å². The molecule has 0 aliphatic heterocycles. The van der Waals surface area contributed by atoms with Gasteiger partial charge in [-0.1, -0.05) is 0 Å². The van der Waals surface area contributed by atoms with Crippen molar-refractivity contribution < 1.29 is 4.74 Å². The number of nitrogens with zero attached hydrogens (tertiary/aromatic N) is 2. The SMILES string of the molecule is CCOCCC1(CN=C(N)N(CC)CC)CC1.I. The maximum atomic E-state index is 5.97. The monoisotopic (exact) mass is 369 g/mol. The highest BCUT2D eigenvalue weighted by molar-refractivity contribution is 14.0. The van der Waals surface area contributed by atoms with E-state index >= 15 is 0 Å². The maximum absolute atomic E-state index is 5.97. The van der Waals surface area contributed by atoms with E-state index in [9.17, 15) is 0 Å². The van der Waals surface area contributed by atoms with Crippen molar-refractivity contribution >= 4 is 29.9 Å². The van der Waals surface area contributed by atoms with Gasteiger partial charge in [0.2, 0.25) is 0 Å². The van der Waals surface area contributed by atoms with E-state index in [0.717, 1.165) is 39.3 Å². The number of ether oxygens (including phenoxy) is 1. The Labute approximate surface area is 128 Å². The van der Waals surface area contributed by atoms with Crippen molar-refractivity contribution in [2.45, 2.75) is 40.0 Å². The van der Waals surface area contributed by atoms with Gasteiger partial charge in [0.05, 0.1) is 0 Å². The predicted octanol–water partition coefficient (Wildman–Crippen LogP) is 2.47. The van der Waals surface area contributed by atoms with Gasteiger partial charge in [-0.3, -0.25) is 4.99 Å². The molecule has 0 aromatic heterocycles. The third kappa shape index (κ3) is 5.73. The topological polar surface area (TPSA) is 50.9 Å². The largest absolute Gasteiger partial charge is 0.382 e. The minimum absolute atomic E-state index is 0.